The largest absolute Gasteiger partial charge is 0.445 e. The van der Waals surface area contributed by atoms with Gasteiger partial charge in [0.1, 0.15) is 24.3 Å². The molecule has 2 fully saturated rings. The van der Waals surface area contributed by atoms with Crippen LogP contribution in [-0.2, 0) is 36.9 Å². The number of nitrogens with two attached hydrogens (primary N) is 1. The van der Waals surface area contributed by atoms with Crippen molar-refractivity contribution >= 4 is 46.7 Å². The van der Waals surface area contributed by atoms with E-state index in [2.05, 4.69) is 10.3 Å². The molecule has 4 atom stereocenters. The minimum atomic E-state index is -1.11. The Kier molecular flexibility index (Phi) is 14.8. The lowest BCUT2D eigenvalue weighted by molar-refractivity contribution is -0.139. The molecule has 3 heterocycles. The Labute approximate surface area is 343 Å². The van der Waals surface area contributed by atoms with Gasteiger partial charge in [-0.25, -0.2) is 14.6 Å². The zero-order valence-corrected chi connectivity index (χ0v) is 33.3. The summed E-state index contributed by atoms with van der Waals surface area (Å²) in [7, 11) is 0. The standard InChI is InChI=1S/C44H52N6O9/c1-30(51)48-22-24-49(25-23-48)44(56)58-34-27-37(38(52)26-33(16-10-11-21-45)40(53)41-46-35-17-8-9-18-39(35)59-41)50(28-34)42(54)36(20-19-31-12-4-2-5-13-31)47-43(55)57-29-32-14-6-3-7-15-32/h2-9,12-15,17-18,33-34,36-37H,10-11,16,19-29,45H2,1H3,(H,47,55)/t33-,34-,36-,37+/m1/s1. The van der Waals surface area contributed by atoms with Gasteiger partial charge in [0.2, 0.25) is 17.6 Å². The predicted molar refractivity (Wildman–Crippen MR) is 217 cm³/mol. The maximum absolute atomic E-state index is 14.7. The first-order valence-electron chi connectivity index (χ1n) is 20.2. The highest BCUT2D eigenvalue weighted by molar-refractivity contribution is 6.00. The second-order valence-electron chi connectivity index (χ2n) is 15.0. The fourth-order valence-corrected chi connectivity index (χ4v) is 7.56. The number of carbonyl (C=O) groups excluding carboxylic acids is 6. The smallest absolute Gasteiger partial charge is 0.410 e. The van der Waals surface area contributed by atoms with Crippen molar-refractivity contribution in [3.8, 4) is 0 Å². The van der Waals surface area contributed by atoms with E-state index in [1.165, 1.54) is 16.7 Å². The fourth-order valence-electron chi connectivity index (χ4n) is 7.56. The second-order valence-corrected chi connectivity index (χ2v) is 15.0. The highest BCUT2D eigenvalue weighted by Crippen LogP contribution is 2.29. The van der Waals surface area contributed by atoms with Crippen LogP contribution < -0.4 is 11.1 Å². The Morgan fingerprint density at radius 1 is 0.847 bits per heavy atom. The van der Waals surface area contributed by atoms with E-state index in [9.17, 15) is 28.8 Å². The van der Waals surface area contributed by atoms with Crippen molar-refractivity contribution in [3.63, 3.8) is 0 Å². The molecular formula is C44H52N6O9. The fraction of sp³-hybridized carbons (Fsp3) is 0.432. The van der Waals surface area contributed by atoms with Crippen LogP contribution in [0.15, 0.2) is 89.3 Å². The molecule has 59 heavy (non-hydrogen) atoms. The topological polar surface area (TPSA) is 195 Å². The first-order chi connectivity index (χ1) is 28.6. The van der Waals surface area contributed by atoms with Gasteiger partial charge in [-0.1, -0.05) is 79.2 Å². The van der Waals surface area contributed by atoms with Gasteiger partial charge in [0, 0.05) is 51.9 Å². The van der Waals surface area contributed by atoms with E-state index in [1.54, 1.807) is 29.2 Å². The maximum Gasteiger partial charge on any atom is 0.410 e. The number of likely N-dealkylation sites (tertiary alicyclic amines) is 1. The van der Waals surface area contributed by atoms with Crippen LogP contribution in [0.5, 0.6) is 0 Å². The van der Waals surface area contributed by atoms with Gasteiger partial charge in [-0.2, -0.15) is 0 Å². The molecule has 3 aromatic carbocycles. The highest BCUT2D eigenvalue weighted by Gasteiger charge is 2.45. The molecule has 4 aromatic rings. The Morgan fingerprint density at radius 2 is 1.51 bits per heavy atom. The zero-order valence-electron chi connectivity index (χ0n) is 33.3. The first kappa shape index (κ1) is 42.5. The van der Waals surface area contributed by atoms with Crippen LogP contribution in [0.4, 0.5) is 9.59 Å². The number of aromatic nitrogens is 1. The van der Waals surface area contributed by atoms with Gasteiger partial charge in [-0.15, -0.1) is 0 Å². The zero-order chi connectivity index (χ0) is 41.7. The quantitative estimate of drug-likeness (QED) is 0.109. The first-order valence-corrected chi connectivity index (χ1v) is 20.2. The van der Waals surface area contributed by atoms with Gasteiger partial charge >= 0.3 is 12.2 Å². The number of rotatable bonds is 17. The molecule has 0 radical (unpaired) electrons. The van der Waals surface area contributed by atoms with Crippen LogP contribution in [0.3, 0.4) is 0 Å². The molecule has 2 aliphatic rings. The van der Waals surface area contributed by atoms with Gasteiger partial charge in [0.25, 0.3) is 5.89 Å². The summed E-state index contributed by atoms with van der Waals surface area (Å²) in [6.07, 6.45) is -0.388. The van der Waals surface area contributed by atoms with E-state index in [-0.39, 0.29) is 57.3 Å². The number of carbonyl (C=O) groups is 6. The molecular weight excluding hydrogens is 757 g/mol. The predicted octanol–water partition coefficient (Wildman–Crippen LogP) is 4.91. The van der Waals surface area contributed by atoms with Gasteiger partial charge < -0.3 is 39.6 Å². The van der Waals surface area contributed by atoms with Crippen LogP contribution >= 0.6 is 0 Å². The monoisotopic (exact) mass is 808 g/mol. The van der Waals surface area contributed by atoms with Crippen LogP contribution in [0.2, 0.25) is 0 Å². The molecule has 2 saturated heterocycles. The number of hydrogen-bond donors (Lipinski definition) is 2. The van der Waals surface area contributed by atoms with Crippen molar-refractivity contribution < 1.29 is 42.7 Å². The summed E-state index contributed by atoms with van der Waals surface area (Å²) in [6, 6.07) is 23.4. The summed E-state index contributed by atoms with van der Waals surface area (Å²) in [4.78, 5) is 90.6. The summed E-state index contributed by atoms with van der Waals surface area (Å²) in [5.41, 5.74) is 8.44. The van der Waals surface area contributed by atoms with Crippen molar-refractivity contribution in [2.45, 2.75) is 76.7 Å². The van der Waals surface area contributed by atoms with Crippen LogP contribution in [0.25, 0.3) is 11.1 Å². The number of ether oxygens (including phenoxy) is 2. The number of oxazole rings is 1. The third-order valence-corrected chi connectivity index (χ3v) is 10.9. The molecule has 0 saturated carbocycles. The van der Waals surface area contributed by atoms with Gasteiger partial charge in [-0.05, 0) is 55.5 Å². The molecule has 0 bridgehead atoms. The number of benzene rings is 3. The van der Waals surface area contributed by atoms with Crippen molar-refractivity contribution in [2.75, 3.05) is 39.3 Å². The summed E-state index contributed by atoms with van der Waals surface area (Å²) in [6.45, 7) is 3.01. The minimum absolute atomic E-state index is 0.0137. The molecule has 312 valence electrons. The number of amides is 4. The number of ketones is 2. The highest BCUT2D eigenvalue weighted by atomic mass is 16.6. The van der Waals surface area contributed by atoms with Crippen molar-refractivity contribution in [3.05, 3.63) is 102 Å². The normalized spacial score (nSPS) is 17.6. The number of alkyl carbamates (subject to hydrolysis) is 1. The number of hydrogen-bond acceptors (Lipinski definition) is 11. The van der Waals surface area contributed by atoms with Crippen LogP contribution in [0.1, 0.15) is 67.3 Å². The number of para-hydroxylation sites is 2. The Bertz CT molecular complexity index is 2040. The molecule has 3 N–H and O–H groups in total. The summed E-state index contributed by atoms with van der Waals surface area (Å²) < 4.78 is 17.2. The number of unbranched alkanes of at least 4 members (excludes halogenated alkanes) is 1. The molecule has 15 heteroatoms. The number of nitrogens with zero attached hydrogens (tertiary/aromatic N) is 4. The van der Waals surface area contributed by atoms with Crippen molar-refractivity contribution in [2.24, 2.45) is 11.7 Å². The molecule has 15 nitrogen and oxygen atoms in total. The van der Waals surface area contributed by atoms with E-state index in [1.807, 2.05) is 60.7 Å². The maximum atomic E-state index is 14.7. The lowest BCUT2D eigenvalue weighted by atomic mass is 9.89. The number of fused-ring (bicyclic) bond motifs is 1. The van der Waals surface area contributed by atoms with Gasteiger partial charge in [-0.3, -0.25) is 19.2 Å². The van der Waals surface area contributed by atoms with Crippen molar-refractivity contribution in [1.82, 2.24) is 25.0 Å². The van der Waals surface area contributed by atoms with E-state index < -0.39 is 53.8 Å². The Hall–Kier alpha value is -6.09. The Balaban J connectivity index is 1.23. The SMILES string of the molecule is CC(=O)N1CCN(C(=O)O[C@@H]2C[C@@H](C(=O)C[C@@H](CCCCN)C(=O)c3nc4ccccc4o3)N(C(=O)[C@@H](CCc3ccccc3)NC(=O)OCc3ccccc3)C2)CC1. The molecule has 4 amide bonds. The average Bonchev–Trinajstić information content (AvgIpc) is 3.89. The molecule has 1 aromatic heterocycles. The second kappa shape index (κ2) is 20.6. The van der Waals surface area contributed by atoms with Crippen LogP contribution in [-0.4, -0.2) is 113 Å². The van der Waals surface area contributed by atoms with E-state index in [4.69, 9.17) is 19.6 Å². The molecule has 0 unspecified atom stereocenters. The number of aryl methyl sites for hydroxylation is 1. The summed E-state index contributed by atoms with van der Waals surface area (Å²) in [5, 5.41) is 2.74. The third kappa shape index (κ3) is 11.5. The van der Waals surface area contributed by atoms with E-state index in [0.717, 1.165) is 11.1 Å². The number of piperazine rings is 1. The molecule has 2 aliphatic heterocycles. The lowest BCUT2D eigenvalue weighted by Gasteiger charge is -2.34. The summed E-state index contributed by atoms with van der Waals surface area (Å²) in [5.74, 6) is -2.39. The molecule has 0 aliphatic carbocycles. The molecule has 6 rings (SSSR count). The van der Waals surface area contributed by atoms with Gasteiger partial charge in [0.15, 0.2) is 11.4 Å². The number of Topliss-reactive ketones (excluding diaryl/α,β-unsaturated/α-hetero) is 2. The minimum Gasteiger partial charge on any atom is -0.445 e. The number of nitrogens with one attached hydrogen (secondary N) is 1. The molecule has 0 spiro atoms. The lowest BCUT2D eigenvalue weighted by Crippen LogP contribution is -2.52. The average molecular weight is 809 g/mol. The third-order valence-electron chi connectivity index (χ3n) is 10.9. The van der Waals surface area contributed by atoms with E-state index >= 15 is 0 Å². The Morgan fingerprint density at radius 3 is 2.19 bits per heavy atom. The van der Waals surface area contributed by atoms with Gasteiger partial charge in [0.05, 0.1) is 12.6 Å². The van der Waals surface area contributed by atoms with Crippen LogP contribution in [0, 0.1) is 5.92 Å². The summed E-state index contributed by atoms with van der Waals surface area (Å²) >= 11 is 0. The van der Waals surface area contributed by atoms with E-state index in [0.29, 0.717) is 56.4 Å². The van der Waals surface area contributed by atoms with Crippen molar-refractivity contribution in [1.29, 1.82) is 0 Å².